The Morgan fingerprint density at radius 2 is 1.41 bits per heavy atom. The number of aromatic nitrogens is 1. The molecule has 22 heavy (non-hydrogen) atoms. The number of hydrogen-bond acceptors (Lipinski definition) is 4. The van der Waals surface area contributed by atoms with Crippen molar-refractivity contribution in [2.45, 2.75) is 31.7 Å². The van der Waals surface area contributed by atoms with E-state index in [4.69, 9.17) is 10.2 Å². The van der Waals surface area contributed by atoms with Crippen LogP contribution in [-0.4, -0.2) is 33.2 Å². The molecule has 10 heteroatoms. The van der Waals surface area contributed by atoms with Gasteiger partial charge in [-0.2, -0.15) is 0 Å². The molecule has 0 radical (unpaired) electrons. The van der Waals surface area contributed by atoms with Gasteiger partial charge in [0.2, 0.25) is 0 Å². The minimum absolute atomic E-state index is 0.338. The quantitative estimate of drug-likeness (QED) is 0.696. The molecule has 0 saturated heterocycles. The highest BCUT2D eigenvalue weighted by Crippen LogP contribution is 2.37. The topological polar surface area (TPSA) is 99.5 Å². The number of alkyl halides is 4. The fourth-order valence-corrected chi connectivity index (χ4v) is 1.95. The van der Waals surface area contributed by atoms with E-state index in [-0.39, 0.29) is 6.04 Å². The van der Waals surface area contributed by atoms with Crippen molar-refractivity contribution in [3.63, 3.8) is 0 Å². The lowest BCUT2D eigenvalue weighted by Gasteiger charge is -2.18. The molecule has 1 saturated carbocycles. The lowest BCUT2D eigenvalue weighted by molar-refractivity contribution is 0.0674. The molecular weight excluding hydrogens is 312 g/mol. The predicted octanol–water partition coefficient (Wildman–Crippen LogP) is 2.93. The fourth-order valence-electron chi connectivity index (χ4n) is 1.95. The maximum absolute atomic E-state index is 13.0. The summed E-state index contributed by atoms with van der Waals surface area (Å²) in [5.41, 5.74) is -5.69. The number of aromatic carboxylic acids is 2. The highest BCUT2D eigenvalue weighted by atomic mass is 19.3. The number of pyridine rings is 1. The summed E-state index contributed by atoms with van der Waals surface area (Å²) >= 11 is 0. The molecule has 1 aliphatic carbocycles. The van der Waals surface area contributed by atoms with Gasteiger partial charge in [-0.05, 0) is 12.8 Å². The van der Waals surface area contributed by atoms with Crippen molar-refractivity contribution in [3.8, 4) is 0 Å². The monoisotopic (exact) mass is 322 g/mol. The smallest absolute Gasteiger partial charge is 0.339 e. The molecule has 2 rings (SSSR count). The Balaban J connectivity index is 2.80. The van der Waals surface area contributed by atoms with Crippen LogP contribution in [0.15, 0.2) is 0 Å². The zero-order valence-electron chi connectivity index (χ0n) is 10.8. The number of carbonyl (C=O) groups is 2. The molecule has 0 atom stereocenters. The van der Waals surface area contributed by atoms with Gasteiger partial charge in [0.1, 0.15) is 22.5 Å². The molecule has 120 valence electrons. The average Bonchev–Trinajstić information content (AvgIpc) is 3.20. The second kappa shape index (κ2) is 5.78. The number of anilines is 1. The van der Waals surface area contributed by atoms with Gasteiger partial charge in [-0.15, -0.1) is 0 Å². The first-order valence-electron chi connectivity index (χ1n) is 6.11. The van der Waals surface area contributed by atoms with Crippen molar-refractivity contribution in [3.05, 3.63) is 22.5 Å². The number of halogens is 4. The lowest BCUT2D eigenvalue weighted by atomic mass is 10.0. The second-order valence-electron chi connectivity index (χ2n) is 4.64. The first kappa shape index (κ1) is 16.0. The van der Waals surface area contributed by atoms with Crippen LogP contribution in [-0.2, 0) is 0 Å². The number of hydrogen-bond donors (Lipinski definition) is 3. The molecule has 1 heterocycles. The van der Waals surface area contributed by atoms with Crippen LogP contribution in [0.1, 0.15) is 57.8 Å². The van der Waals surface area contributed by atoms with Gasteiger partial charge in [-0.3, -0.25) is 0 Å². The van der Waals surface area contributed by atoms with E-state index in [1.54, 1.807) is 0 Å². The SMILES string of the molecule is O=C(O)c1c(C(F)F)nc(C(F)F)c(C(=O)O)c1NC1CC1. The van der Waals surface area contributed by atoms with Crippen LogP contribution in [0.4, 0.5) is 23.2 Å². The summed E-state index contributed by atoms with van der Waals surface area (Å²) in [6.07, 6.45) is -5.78. The zero-order chi connectivity index (χ0) is 16.6. The number of rotatable bonds is 6. The predicted molar refractivity (Wildman–Crippen MR) is 64.7 cm³/mol. The van der Waals surface area contributed by atoms with Crippen molar-refractivity contribution in [2.75, 3.05) is 5.32 Å². The van der Waals surface area contributed by atoms with Crippen LogP contribution in [0.5, 0.6) is 0 Å². The summed E-state index contributed by atoms with van der Waals surface area (Å²) < 4.78 is 51.8. The van der Waals surface area contributed by atoms with Crippen molar-refractivity contribution in [2.24, 2.45) is 0 Å². The molecule has 0 unspecified atom stereocenters. The molecule has 1 fully saturated rings. The van der Waals surface area contributed by atoms with Gasteiger partial charge in [0.25, 0.3) is 12.9 Å². The molecule has 1 aliphatic rings. The van der Waals surface area contributed by atoms with Gasteiger partial charge in [0.15, 0.2) is 0 Å². The summed E-state index contributed by atoms with van der Waals surface area (Å²) in [7, 11) is 0. The third-order valence-electron chi connectivity index (χ3n) is 3.02. The van der Waals surface area contributed by atoms with Gasteiger partial charge in [0.05, 0.1) is 5.69 Å². The van der Waals surface area contributed by atoms with E-state index in [9.17, 15) is 27.2 Å². The molecular formula is C12H10F4N2O4. The highest BCUT2D eigenvalue weighted by molar-refractivity contribution is 6.04. The molecule has 6 nitrogen and oxygen atoms in total. The van der Waals surface area contributed by atoms with E-state index < -0.39 is 53.0 Å². The van der Waals surface area contributed by atoms with Crippen LogP contribution in [0.3, 0.4) is 0 Å². The minimum atomic E-state index is -3.44. The summed E-state index contributed by atoms with van der Waals surface area (Å²) in [6.45, 7) is 0. The van der Waals surface area contributed by atoms with E-state index >= 15 is 0 Å². The number of carboxylic acids is 2. The third-order valence-corrected chi connectivity index (χ3v) is 3.02. The number of carboxylic acid groups (broad SMARTS) is 2. The Morgan fingerprint density at radius 3 is 1.68 bits per heavy atom. The molecule has 0 bridgehead atoms. The second-order valence-corrected chi connectivity index (χ2v) is 4.64. The summed E-state index contributed by atoms with van der Waals surface area (Å²) in [5, 5.41) is 20.6. The van der Waals surface area contributed by atoms with Crippen LogP contribution in [0.2, 0.25) is 0 Å². The number of nitrogens with one attached hydrogen (secondary N) is 1. The van der Waals surface area contributed by atoms with Gasteiger partial charge in [-0.25, -0.2) is 32.1 Å². The Labute approximate surface area is 120 Å². The molecule has 0 amide bonds. The Morgan fingerprint density at radius 1 is 1.00 bits per heavy atom. The maximum Gasteiger partial charge on any atom is 0.339 e. The van der Waals surface area contributed by atoms with Crippen molar-refractivity contribution in [1.29, 1.82) is 0 Å². The standard InChI is InChI=1S/C12H10F4N2O4/c13-9(14)7-4(11(19)20)6(17-3-1-2-3)5(12(21)22)8(18-7)10(15)16/h3,9-10H,1-2H2,(H,17,18)(H,19,20)(H,21,22). The normalized spacial score (nSPS) is 14.5. The van der Waals surface area contributed by atoms with Crippen molar-refractivity contribution in [1.82, 2.24) is 4.98 Å². The van der Waals surface area contributed by atoms with Gasteiger partial charge < -0.3 is 15.5 Å². The Kier molecular flexibility index (Phi) is 4.20. The van der Waals surface area contributed by atoms with Crippen LogP contribution < -0.4 is 5.32 Å². The fraction of sp³-hybridized carbons (Fsp3) is 0.417. The highest BCUT2D eigenvalue weighted by Gasteiger charge is 2.36. The summed E-state index contributed by atoms with van der Waals surface area (Å²) in [4.78, 5) is 25.3. The van der Waals surface area contributed by atoms with Crippen molar-refractivity contribution < 1.29 is 37.4 Å². The van der Waals surface area contributed by atoms with Crippen LogP contribution >= 0.6 is 0 Å². The first-order chi connectivity index (χ1) is 10.2. The summed E-state index contributed by atoms with van der Waals surface area (Å²) in [5.74, 6) is -3.73. The zero-order valence-corrected chi connectivity index (χ0v) is 10.8. The average molecular weight is 322 g/mol. The molecule has 3 N–H and O–H groups in total. The van der Waals surface area contributed by atoms with Crippen LogP contribution in [0, 0.1) is 0 Å². The lowest BCUT2D eigenvalue weighted by Crippen LogP contribution is -2.20. The van der Waals surface area contributed by atoms with E-state index in [0.29, 0.717) is 12.8 Å². The maximum atomic E-state index is 13.0. The molecule has 1 aromatic rings. The van der Waals surface area contributed by atoms with Gasteiger partial charge in [0, 0.05) is 6.04 Å². The third kappa shape index (κ3) is 2.95. The van der Waals surface area contributed by atoms with E-state index in [2.05, 4.69) is 10.3 Å². The van der Waals surface area contributed by atoms with E-state index in [1.807, 2.05) is 0 Å². The van der Waals surface area contributed by atoms with Gasteiger partial charge >= 0.3 is 11.9 Å². The van der Waals surface area contributed by atoms with Crippen LogP contribution in [0.25, 0.3) is 0 Å². The van der Waals surface area contributed by atoms with E-state index in [0.717, 1.165) is 0 Å². The number of nitrogens with zero attached hydrogens (tertiary/aromatic N) is 1. The minimum Gasteiger partial charge on any atom is -0.478 e. The Hall–Kier alpha value is -2.39. The van der Waals surface area contributed by atoms with Crippen molar-refractivity contribution >= 4 is 17.6 Å². The Bertz CT molecular complexity index is 588. The molecule has 0 aliphatic heterocycles. The van der Waals surface area contributed by atoms with Gasteiger partial charge in [-0.1, -0.05) is 0 Å². The largest absolute Gasteiger partial charge is 0.478 e. The molecule has 0 aromatic carbocycles. The molecule has 1 aromatic heterocycles. The summed E-state index contributed by atoms with van der Waals surface area (Å²) in [6, 6.07) is -0.338. The van der Waals surface area contributed by atoms with E-state index in [1.165, 1.54) is 0 Å². The first-order valence-corrected chi connectivity index (χ1v) is 6.11. The molecule has 0 spiro atoms.